The molecule has 0 heterocycles. The number of unbranched alkanes of at least 4 members (excludes halogenated alkanes) is 1. The number of carbonyl (C=O) groups excluding carboxylic acids is 1. The smallest absolute Gasteiger partial charge is 0.330 e. The zero-order valence-corrected chi connectivity index (χ0v) is 7.26. The SMILES string of the molecule is CCCC=C(C)C(=O)O.N=C=O. The van der Waals surface area contributed by atoms with Crippen LogP contribution >= 0.6 is 0 Å². The summed E-state index contributed by atoms with van der Waals surface area (Å²) in [6, 6.07) is 0. The van der Waals surface area contributed by atoms with E-state index in [2.05, 4.69) is 0 Å². The maximum atomic E-state index is 10.1. The van der Waals surface area contributed by atoms with Crippen molar-refractivity contribution in [3.8, 4) is 0 Å². The van der Waals surface area contributed by atoms with E-state index in [9.17, 15) is 4.79 Å². The second-order valence-corrected chi connectivity index (χ2v) is 2.08. The van der Waals surface area contributed by atoms with Crippen molar-refractivity contribution in [2.24, 2.45) is 0 Å². The predicted octanol–water partition coefficient (Wildman–Crippen LogP) is 1.72. The average molecular weight is 171 g/mol. The number of carbonyl (C=O) groups is 1. The van der Waals surface area contributed by atoms with Crippen LogP contribution in [-0.2, 0) is 9.59 Å². The summed E-state index contributed by atoms with van der Waals surface area (Å²) in [5, 5.41) is 13.7. The third-order valence-corrected chi connectivity index (χ3v) is 1.08. The molecule has 0 unspecified atom stereocenters. The van der Waals surface area contributed by atoms with Crippen molar-refractivity contribution in [1.29, 1.82) is 5.41 Å². The number of carboxylic acids is 1. The minimum absolute atomic E-state index is 0.442. The summed E-state index contributed by atoms with van der Waals surface area (Å²) < 4.78 is 0. The first kappa shape index (κ1) is 13.2. The zero-order valence-electron chi connectivity index (χ0n) is 7.26. The molecule has 68 valence electrons. The highest BCUT2D eigenvalue weighted by Crippen LogP contribution is 1.96. The summed E-state index contributed by atoms with van der Waals surface area (Å²) in [6.45, 7) is 3.63. The third-order valence-electron chi connectivity index (χ3n) is 1.08. The van der Waals surface area contributed by atoms with Crippen LogP contribution in [-0.4, -0.2) is 17.2 Å². The zero-order chi connectivity index (χ0) is 9.98. The van der Waals surface area contributed by atoms with Crippen molar-refractivity contribution >= 4 is 12.0 Å². The lowest BCUT2D eigenvalue weighted by atomic mass is 10.2. The van der Waals surface area contributed by atoms with Gasteiger partial charge >= 0.3 is 5.97 Å². The van der Waals surface area contributed by atoms with Gasteiger partial charge in [-0.1, -0.05) is 19.4 Å². The molecule has 0 aliphatic carbocycles. The molecule has 0 saturated heterocycles. The molecule has 0 aromatic heterocycles. The molecule has 0 saturated carbocycles. The van der Waals surface area contributed by atoms with Crippen LogP contribution in [0.4, 0.5) is 0 Å². The fraction of sp³-hybridized carbons (Fsp3) is 0.500. The van der Waals surface area contributed by atoms with E-state index >= 15 is 0 Å². The molecule has 0 aromatic carbocycles. The summed E-state index contributed by atoms with van der Waals surface area (Å²) in [4.78, 5) is 18.5. The molecule has 0 bridgehead atoms. The predicted molar refractivity (Wildman–Crippen MR) is 44.7 cm³/mol. The van der Waals surface area contributed by atoms with Crippen molar-refractivity contribution < 1.29 is 14.7 Å². The van der Waals surface area contributed by atoms with Gasteiger partial charge in [0.25, 0.3) is 0 Å². The van der Waals surface area contributed by atoms with Crippen molar-refractivity contribution in [3.63, 3.8) is 0 Å². The molecule has 0 radical (unpaired) electrons. The standard InChI is InChI=1S/C7H12O2.CHNO/c1-3-4-5-6(2)7(8)9;2-1-3/h5H,3-4H2,1-2H3,(H,8,9);2H. The van der Waals surface area contributed by atoms with Gasteiger partial charge in [0.2, 0.25) is 6.08 Å². The summed E-state index contributed by atoms with van der Waals surface area (Å²) in [6.07, 6.45) is 4.35. The normalized spacial score (nSPS) is 9.33. The van der Waals surface area contributed by atoms with Crippen molar-refractivity contribution in [2.75, 3.05) is 0 Å². The van der Waals surface area contributed by atoms with E-state index in [1.54, 1.807) is 13.0 Å². The molecule has 0 amide bonds. The molecule has 4 heteroatoms. The lowest BCUT2D eigenvalue weighted by molar-refractivity contribution is -0.132. The fourth-order valence-corrected chi connectivity index (χ4v) is 0.448. The Bertz CT molecular complexity index is 190. The second kappa shape index (κ2) is 9.59. The van der Waals surface area contributed by atoms with Crippen LogP contribution < -0.4 is 0 Å². The average Bonchev–Trinajstić information content (AvgIpc) is 2.01. The van der Waals surface area contributed by atoms with Crippen LogP contribution in [0.2, 0.25) is 0 Å². The Hall–Kier alpha value is -1.41. The maximum Gasteiger partial charge on any atom is 0.330 e. The number of carboxylic acid groups (broad SMARTS) is 1. The van der Waals surface area contributed by atoms with Gasteiger partial charge < -0.3 is 5.11 Å². The first-order chi connectivity index (χ1) is 5.59. The van der Waals surface area contributed by atoms with Crippen LogP contribution in [0.15, 0.2) is 11.6 Å². The van der Waals surface area contributed by atoms with E-state index in [-0.39, 0.29) is 0 Å². The van der Waals surface area contributed by atoms with E-state index < -0.39 is 5.97 Å². The summed E-state index contributed by atoms with van der Waals surface area (Å²) in [7, 11) is 0. The fourth-order valence-electron chi connectivity index (χ4n) is 0.448. The number of isocyanates is 1. The van der Waals surface area contributed by atoms with Crippen LogP contribution in [0.25, 0.3) is 0 Å². The molecule has 0 spiro atoms. The summed E-state index contributed by atoms with van der Waals surface area (Å²) >= 11 is 0. The first-order valence-corrected chi connectivity index (χ1v) is 3.54. The Labute approximate surface area is 71.4 Å². The molecule has 4 nitrogen and oxygen atoms in total. The number of rotatable bonds is 3. The molecule has 0 atom stereocenters. The highest BCUT2D eigenvalue weighted by Gasteiger charge is 1.95. The Morgan fingerprint density at radius 1 is 1.67 bits per heavy atom. The summed E-state index contributed by atoms with van der Waals surface area (Å²) in [5.74, 6) is -0.816. The maximum absolute atomic E-state index is 10.1. The van der Waals surface area contributed by atoms with Gasteiger partial charge in [-0.15, -0.1) is 0 Å². The molecule has 0 aliphatic heterocycles. The molecule has 12 heavy (non-hydrogen) atoms. The van der Waals surface area contributed by atoms with Gasteiger partial charge in [-0.3, -0.25) is 0 Å². The first-order valence-electron chi connectivity index (χ1n) is 3.54. The van der Waals surface area contributed by atoms with Crippen LogP contribution in [0, 0.1) is 5.41 Å². The lowest BCUT2D eigenvalue weighted by Crippen LogP contribution is -1.95. The van der Waals surface area contributed by atoms with Crippen molar-refractivity contribution in [1.82, 2.24) is 0 Å². The van der Waals surface area contributed by atoms with Crippen LogP contribution in [0.3, 0.4) is 0 Å². The topological polar surface area (TPSA) is 78.2 Å². The van der Waals surface area contributed by atoms with E-state index in [4.69, 9.17) is 15.3 Å². The Kier molecular flexibility index (Phi) is 10.5. The number of allylic oxidation sites excluding steroid dienone is 1. The molecule has 0 aliphatic rings. The molecular formula is C8H13NO3. The van der Waals surface area contributed by atoms with E-state index in [1.807, 2.05) is 6.92 Å². The van der Waals surface area contributed by atoms with Gasteiger partial charge in [0.05, 0.1) is 0 Å². The third kappa shape index (κ3) is 11.4. The van der Waals surface area contributed by atoms with Gasteiger partial charge in [0, 0.05) is 5.57 Å². The minimum Gasteiger partial charge on any atom is -0.478 e. The number of aliphatic carboxylic acids is 1. The summed E-state index contributed by atoms with van der Waals surface area (Å²) in [5.41, 5.74) is 0.442. The highest BCUT2D eigenvalue weighted by molar-refractivity contribution is 5.85. The van der Waals surface area contributed by atoms with E-state index in [0.717, 1.165) is 18.9 Å². The second-order valence-electron chi connectivity index (χ2n) is 2.08. The Morgan fingerprint density at radius 3 is 2.33 bits per heavy atom. The van der Waals surface area contributed by atoms with E-state index in [0.29, 0.717) is 5.57 Å². The molecule has 0 fully saturated rings. The lowest BCUT2D eigenvalue weighted by Gasteiger charge is -1.89. The number of hydrogen-bond acceptors (Lipinski definition) is 3. The van der Waals surface area contributed by atoms with Gasteiger partial charge in [0.15, 0.2) is 0 Å². The molecule has 0 aromatic rings. The monoisotopic (exact) mass is 171 g/mol. The molecule has 2 N–H and O–H groups in total. The minimum atomic E-state index is -0.816. The molecular weight excluding hydrogens is 158 g/mol. The quantitative estimate of drug-likeness (QED) is 0.385. The van der Waals surface area contributed by atoms with Gasteiger partial charge in [-0.25, -0.2) is 15.0 Å². The van der Waals surface area contributed by atoms with Crippen LogP contribution in [0.1, 0.15) is 26.7 Å². The van der Waals surface area contributed by atoms with Crippen molar-refractivity contribution in [2.45, 2.75) is 26.7 Å². The van der Waals surface area contributed by atoms with Gasteiger partial charge in [0.1, 0.15) is 0 Å². The van der Waals surface area contributed by atoms with Crippen molar-refractivity contribution in [3.05, 3.63) is 11.6 Å². The van der Waals surface area contributed by atoms with Crippen LogP contribution in [0.5, 0.6) is 0 Å². The Balaban J connectivity index is 0. The number of nitrogens with one attached hydrogen (secondary N) is 1. The largest absolute Gasteiger partial charge is 0.478 e. The number of hydrogen-bond donors (Lipinski definition) is 2. The Morgan fingerprint density at radius 2 is 2.08 bits per heavy atom. The van der Waals surface area contributed by atoms with Gasteiger partial charge in [-0.05, 0) is 13.3 Å². The highest BCUT2D eigenvalue weighted by atomic mass is 16.4. The van der Waals surface area contributed by atoms with Gasteiger partial charge in [-0.2, -0.15) is 0 Å². The molecule has 0 rings (SSSR count). The van der Waals surface area contributed by atoms with E-state index in [1.165, 1.54) is 0 Å².